The van der Waals surface area contributed by atoms with Gasteiger partial charge in [-0.05, 0) is 57.1 Å². The molecule has 0 spiro atoms. The van der Waals surface area contributed by atoms with Crippen molar-refractivity contribution >= 4 is 11.6 Å². The number of hydrogen-bond donors (Lipinski definition) is 1. The summed E-state index contributed by atoms with van der Waals surface area (Å²) in [5.41, 5.74) is 1.27. The number of rotatable bonds is 3. The fourth-order valence-corrected chi connectivity index (χ4v) is 2.41. The molecule has 0 atom stereocenters. The van der Waals surface area contributed by atoms with Crippen LogP contribution < -0.4 is 5.32 Å². The summed E-state index contributed by atoms with van der Waals surface area (Å²) < 4.78 is 0. The van der Waals surface area contributed by atoms with Crippen LogP contribution in [-0.4, -0.2) is 30.9 Å². The van der Waals surface area contributed by atoms with Gasteiger partial charge in [0.15, 0.2) is 0 Å². The summed E-state index contributed by atoms with van der Waals surface area (Å²) in [6, 6.07) is 9.09. The van der Waals surface area contributed by atoms with Gasteiger partial charge in [0.2, 0.25) is 5.91 Å². The van der Waals surface area contributed by atoms with Crippen LogP contribution >= 0.6 is 0 Å². The summed E-state index contributed by atoms with van der Waals surface area (Å²) >= 11 is 0. The van der Waals surface area contributed by atoms with Crippen LogP contribution in [0.15, 0.2) is 24.3 Å². The molecule has 1 aliphatic heterocycles. The molecule has 100 valence electrons. The van der Waals surface area contributed by atoms with Crippen molar-refractivity contribution in [2.45, 2.75) is 19.3 Å². The number of piperidine rings is 1. The lowest BCUT2D eigenvalue weighted by atomic mass is 9.93. The predicted molar refractivity (Wildman–Crippen MR) is 74.6 cm³/mol. The smallest absolute Gasteiger partial charge is 0.224 e. The van der Waals surface area contributed by atoms with Crippen LogP contribution in [0.1, 0.15) is 24.8 Å². The number of nitriles is 1. The van der Waals surface area contributed by atoms with Crippen LogP contribution in [0, 0.1) is 17.2 Å². The molecule has 0 aromatic heterocycles. The highest BCUT2D eigenvalue weighted by Gasteiger charge is 2.19. The number of nitrogens with zero attached hydrogens (tertiary/aromatic N) is 2. The van der Waals surface area contributed by atoms with Crippen molar-refractivity contribution in [2.24, 2.45) is 5.92 Å². The Labute approximate surface area is 114 Å². The lowest BCUT2D eigenvalue weighted by Gasteiger charge is -2.28. The van der Waals surface area contributed by atoms with Crippen LogP contribution in [0.2, 0.25) is 0 Å². The number of likely N-dealkylation sites (tertiary alicyclic amines) is 1. The predicted octanol–water partition coefficient (Wildman–Crippen LogP) is 2.23. The zero-order valence-corrected chi connectivity index (χ0v) is 11.2. The number of amides is 1. The van der Waals surface area contributed by atoms with Gasteiger partial charge < -0.3 is 10.2 Å². The minimum atomic E-state index is 0.0460. The van der Waals surface area contributed by atoms with E-state index < -0.39 is 0 Å². The molecule has 1 saturated heterocycles. The number of nitrogens with one attached hydrogen (secondary N) is 1. The van der Waals surface area contributed by atoms with Crippen molar-refractivity contribution in [3.63, 3.8) is 0 Å². The van der Waals surface area contributed by atoms with Gasteiger partial charge in [-0.15, -0.1) is 0 Å². The number of anilines is 1. The van der Waals surface area contributed by atoms with E-state index in [1.165, 1.54) is 0 Å². The SMILES string of the molecule is CN1CCC(CC(=O)Nc2cccc(C#N)c2)CC1. The molecule has 0 aliphatic carbocycles. The summed E-state index contributed by atoms with van der Waals surface area (Å²) in [6.07, 6.45) is 2.74. The lowest BCUT2D eigenvalue weighted by Crippen LogP contribution is -2.31. The van der Waals surface area contributed by atoms with Crippen molar-refractivity contribution in [1.29, 1.82) is 5.26 Å². The first-order valence-electron chi connectivity index (χ1n) is 6.66. The van der Waals surface area contributed by atoms with Crippen molar-refractivity contribution in [3.05, 3.63) is 29.8 Å². The third-order valence-corrected chi connectivity index (χ3v) is 3.59. The Morgan fingerprint density at radius 2 is 2.21 bits per heavy atom. The second-order valence-electron chi connectivity index (χ2n) is 5.19. The number of carbonyl (C=O) groups is 1. The van der Waals surface area contributed by atoms with E-state index >= 15 is 0 Å². The maximum atomic E-state index is 12.0. The summed E-state index contributed by atoms with van der Waals surface area (Å²) in [5.74, 6) is 0.528. The zero-order chi connectivity index (χ0) is 13.7. The molecule has 4 heteroatoms. The molecule has 1 amide bonds. The van der Waals surface area contributed by atoms with E-state index in [2.05, 4.69) is 23.3 Å². The van der Waals surface area contributed by atoms with Gasteiger partial charge in [0.1, 0.15) is 0 Å². The maximum Gasteiger partial charge on any atom is 0.224 e. The molecule has 2 rings (SSSR count). The van der Waals surface area contributed by atoms with E-state index in [0.29, 0.717) is 23.6 Å². The fraction of sp³-hybridized carbons (Fsp3) is 0.467. The van der Waals surface area contributed by atoms with Crippen LogP contribution in [0.5, 0.6) is 0 Å². The van der Waals surface area contributed by atoms with Crippen molar-refractivity contribution in [1.82, 2.24) is 4.90 Å². The first-order valence-corrected chi connectivity index (χ1v) is 6.66. The molecule has 1 fully saturated rings. The molecule has 1 heterocycles. The summed E-state index contributed by atoms with van der Waals surface area (Å²) in [5, 5.41) is 11.7. The van der Waals surface area contributed by atoms with Gasteiger partial charge in [0.25, 0.3) is 0 Å². The molecule has 0 unspecified atom stereocenters. The Kier molecular flexibility index (Phi) is 4.53. The second kappa shape index (κ2) is 6.35. The molecule has 0 bridgehead atoms. The van der Waals surface area contributed by atoms with Crippen molar-refractivity contribution in [2.75, 3.05) is 25.5 Å². The quantitative estimate of drug-likeness (QED) is 0.903. The summed E-state index contributed by atoms with van der Waals surface area (Å²) in [7, 11) is 2.11. The van der Waals surface area contributed by atoms with Gasteiger partial charge in [0.05, 0.1) is 11.6 Å². The standard InChI is InChI=1S/C15H19N3O/c1-18-7-5-12(6-8-18)10-15(19)17-14-4-2-3-13(9-14)11-16/h2-4,9,12H,5-8,10H2,1H3,(H,17,19). The van der Waals surface area contributed by atoms with Gasteiger partial charge in [-0.2, -0.15) is 5.26 Å². The minimum Gasteiger partial charge on any atom is -0.326 e. The molecule has 0 radical (unpaired) electrons. The largest absolute Gasteiger partial charge is 0.326 e. The fourth-order valence-electron chi connectivity index (χ4n) is 2.41. The van der Waals surface area contributed by atoms with Crippen molar-refractivity contribution < 1.29 is 4.79 Å². The van der Waals surface area contributed by atoms with Crippen LogP contribution in [0.25, 0.3) is 0 Å². The highest BCUT2D eigenvalue weighted by Crippen LogP contribution is 2.20. The average Bonchev–Trinajstić information content (AvgIpc) is 2.41. The molecular formula is C15H19N3O. The highest BCUT2D eigenvalue weighted by atomic mass is 16.1. The normalized spacial score (nSPS) is 16.8. The highest BCUT2D eigenvalue weighted by molar-refractivity contribution is 5.91. The van der Waals surface area contributed by atoms with E-state index in [-0.39, 0.29) is 5.91 Å². The average molecular weight is 257 g/mol. The Balaban J connectivity index is 1.85. The number of hydrogen-bond acceptors (Lipinski definition) is 3. The Morgan fingerprint density at radius 1 is 1.47 bits per heavy atom. The Hall–Kier alpha value is -1.86. The maximum absolute atomic E-state index is 12.0. The molecule has 1 aromatic rings. The first-order chi connectivity index (χ1) is 9.17. The van der Waals surface area contributed by atoms with E-state index in [1.807, 2.05) is 6.07 Å². The van der Waals surface area contributed by atoms with Crippen LogP contribution in [0.3, 0.4) is 0 Å². The molecule has 1 N–H and O–H groups in total. The number of benzene rings is 1. The topological polar surface area (TPSA) is 56.1 Å². The van der Waals surface area contributed by atoms with Crippen molar-refractivity contribution in [3.8, 4) is 6.07 Å². The molecule has 1 aliphatic rings. The first kappa shape index (κ1) is 13.6. The van der Waals surface area contributed by atoms with E-state index in [4.69, 9.17) is 5.26 Å². The molecule has 4 nitrogen and oxygen atoms in total. The monoisotopic (exact) mass is 257 g/mol. The van der Waals surface area contributed by atoms with Crippen LogP contribution in [0.4, 0.5) is 5.69 Å². The van der Waals surface area contributed by atoms with Gasteiger partial charge >= 0.3 is 0 Å². The Bertz CT molecular complexity index is 484. The van der Waals surface area contributed by atoms with Crippen LogP contribution in [-0.2, 0) is 4.79 Å². The summed E-state index contributed by atoms with van der Waals surface area (Å²) in [4.78, 5) is 14.3. The zero-order valence-electron chi connectivity index (χ0n) is 11.2. The van der Waals surface area contributed by atoms with E-state index in [1.54, 1.807) is 18.2 Å². The molecule has 1 aromatic carbocycles. The molecular weight excluding hydrogens is 238 g/mol. The summed E-state index contributed by atoms with van der Waals surface area (Å²) in [6.45, 7) is 2.14. The van der Waals surface area contributed by atoms with Gasteiger partial charge in [-0.25, -0.2) is 0 Å². The lowest BCUT2D eigenvalue weighted by molar-refractivity contribution is -0.117. The third kappa shape index (κ3) is 4.08. The van der Waals surface area contributed by atoms with E-state index in [0.717, 1.165) is 25.9 Å². The molecule has 19 heavy (non-hydrogen) atoms. The van der Waals surface area contributed by atoms with E-state index in [9.17, 15) is 4.79 Å². The number of carbonyl (C=O) groups excluding carboxylic acids is 1. The third-order valence-electron chi connectivity index (χ3n) is 3.59. The van der Waals surface area contributed by atoms with Gasteiger partial charge in [0, 0.05) is 12.1 Å². The Morgan fingerprint density at radius 3 is 2.89 bits per heavy atom. The van der Waals surface area contributed by atoms with Gasteiger partial charge in [-0.1, -0.05) is 6.07 Å². The second-order valence-corrected chi connectivity index (χ2v) is 5.19. The molecule has 0 saturated carbocycles. The van der Waals surface area contributed by atoms with Gasteiger partial charge in [-0.3, -0.25) is 4.79 Å². The minimum absolute atomic E-state index is 0.0460.